The van der Waals surface area contributed by atoms with Gasteiger partial charge in [0.2, 0.25) is 0 Å². The van der Waals surface area contributed by atoms with Crippen LogP contribution >= 0.6 is 27.7 Å². The van der Waals surface area contributed by atoms with Gasteiger partial charge in [-0.3, -0.25) is 24.6 Å². The van der Waals surface area contributed by atoms with Crippen molar-refractivity contribution in [3.63, 3.8) is 0 Å². The van der Waals surface area contributed by atoms with Crippen molar-refractivity contribution in [1.29, 1.82) is 0 Å². The van der Waals surface area contributed by atoms with E-state index in [0.717, 1.165) is 28.1 Å². The molecule has 0 saturated carbocycles. The summed E-state index contributed by atoms with van der Waals surface area (Å²) in [6, 6.07) is 21.4. The topological polar surface area (TPSA) is 93.7 Å². The summed E-state index contributed by atoms with van der Waals surface area (Å²) in [6.45, 7) is 0.183. The molecule has 0 radical (unpaired) electrons. The third-order valence-electron chi connectivity index (χ3n) is 5.41. The average Bonchev–Trinajstić information content (AvgIpc) is 3.39. The van der Waals surface area contributed by atoms with E-state index in [-0.39, 0.29) is 28.3 Å². The largest absolute Gasteiger partial charge is 0.457 e. The summed E-state index contributed by atoms with van der Waals surface area (Å²) < 4.78 is 6.35. The van der Waals surface area contributed by atoms with Gasteiger partial charge in [-0.15, -0.1) is 0 Å². The van der Waals surface area contributed by atoms with Gasteiger partial charge in [0.15, 0.2) is 0 Å². The van der Waals surface area contributed by atoms with Crippen LogP contribution in [-0.2, 0) is 11.3 Å². The molecule has 2 amide bonds. The number of rotatable bonds is 5. The van der Waals surface area contributed by atoms with Crippen LogP contribution in [0, 0.1) is 10.1 Å². The van der Waals surface area contributed by atoms with Crippen LogP contribution in [0.2, 0.25) is 0 Å². The van der Waals surface area contributed by atoms with Crippen LogP contribution in [0.25, 0.3) is 28.2 Å². The molecule has 1 aliphatic rings. The first-order valence-corrected chi connectivity index (χ1v) is 11.8. The molecule has 2 heterocycles. The van der Waals surface area contributed by atoms with Crippen LogP contribution in [0.5, 0.6) is 0 Å². The maximum atomic E-state index is 13.0. The van der Waals surface area contributed by atoms with Crippen molar-refractivity contribution in [2.75, 3.05) is 0 Å². The van der Waals surface area contributed by atoms with Crippen molar-refractivity contribution < 1.29 is 18.9 Å². The number of hydrogen-bond acceptors (Lipinski definition) is 6. The second-order valence-electron chi connectivity index (χ2n) is 7.53. The van der Waals surface area contributed by atoms with Crippen molar-refractivity contribution in [3.05, 3.63) is 104 Å². The van der Waals surface area contributed by atoms with E-state index in [9.17, 15) is 19.7 Å². The normalized spacial score (nSPS) is 15.0. The van der Waals surface area contributed by atoms with E-state index in [0.29, 0.717) is 21.6 Å². The van der Waals surface area contributed by atoms with Crippen molar-refractivity contribution >= 4 is 61.4 Å². The van der Waals surface area contributed by atoms with E-state index in [1.807, 2.05) is 42.5 Å². The highest BCUT2D eigenvalue weighted by atomic mass is 79.9. The molecule has 0 spiro atoms. The lowest BCUT2D eigenvalue weighted by Gasteiger charge is -2.14. The number of imide groups is 1. The first kappa shape index (κ1) is 22.1. The number of benzene rings is 3. The summed E-state index contributed by atoms with van der Waals surface area (Å²) >= 11 is 4.20. The van der Waals surface area contributed by atoms with Crippen LogP contribution in [0.1, 0.15) is 11.3 Å². The van der Waals surface area contributed by atoms with Gasteiger partial charge in [0.25, 0.3) is 16.8 Å². The third kappa shape index (κ3) is 4.15. The Morgan fingerprint density at radius 1 is 1.03 bits per heavy atom. The van der Waals surface area contributed by atoms with Crippen molar-refractivity contribution in [2.45, 2.75) is 6.54 Å². The van der Waals surface area contributed by atoms with E-state index in [2.05, 4.69) is 15.9 Å². The highest BCUT2D eigenvalue weighted by Gasteiger charge is 2.35. The molecule has 4 aromatic rings. The van der Waals surface area contributed by atoms with Gasteiger partial charge >= 0.3 is 0 Å². The summed E-state index contributed by atoms with van der Waals surface area (Å²) in [4.78, 5) is 37.6. The minimum Gasteiger partial charge on any atom is -0.457 e. The number of furan rings is 1. The van der Waals surface area contributed by atoms with Crippen LogP contribution in [0.4, 0.5) is 10.5 Å². The first-order valence-electron chi connectivity index (χ1n) is 10.2. The monoisotopic (exact) mass is 534 g/mol. The second-order valence-corrected chi connectivity index (χ2v) is 9.38. The molecule has 3 aromatic carbocycles. The fraction of sp³-hybridized carbons (Fsp3) is 0.0400. The minimum absolute atomic E-state index is 0.0396. The summed E-state index contributed by atoms with van der Waals surface area (Å²) in [5, 5.41) is 12.7. The molecule has 0 atom stereocenters. The Balaban J connectivity index is 1.38. The van der Waals surface area contributed by atoms with E-state index < -0.39 is 4.92 Å². The zero-order valence-corrected chi connectivity index (χ0v) is 19.8. The number of nitro benzene ring substituents is 1. The number of amides is 2. The van der Waals surface area contributed by atoms with Crippen LogP contribution in [-0.4, -0.2) is 21.0 Å². The molecular formula is C25H15BrN2O5S. The van der Waals surface area contributed by atoms with Gasteiger partial charge in [-0.05, 0) is 62.2 Å². The van der Waals surface area contributed by atoms with Crippen LogP contribution < -0.4 is 0 Å². The Bertz CT molecular complexity index is 1500. The standard InChI is InChI=1S/C25H15BrN2O5S/c26-21-12-17(28(31)32)8-10-20(21)22-11-9-18(33-22)13-23-24(29)27(25(30)34-23)14-16-6-3-5-15-4-1-2-7-19(15)16/h1-13H,14H2/b23-13-. The maximum Gasteiger partial charge on any atom is 0.293 e. The van der Waals surface area contributed by atoms with Gasteiger partial charge < -0.3 is 4.42 Å². The summed E-state index contributed by atoms with van der Waals surface area (Å²) in [5.41, 5.74) is 1.49. The number of hydrogen-bond donors (Lipinski definition) is 0. The Morgan fingerprint density at radius 3 is 2.62 bits per heavy atom. The Morgan fingerprint density at radius 2 is 1.82 bits per heavy atom. The fourth-order valence-electron chi connectivity index (χ4n) is 3.76. The first-order chi connectivity index (χ1) is 16.4. The third-order valence-corrected chi connectivity index (χ3v) is 6.97. The van der Waals surface area contributed by atoms with E-state index in [1.165, 1.54) is 23.1 Å². The molecule has 9 heteroatoms. The number of nitrogens with zero attached hydrogens (tertiary/aromatic N) is 2. The van der Waals surface area contributed by atoms with Crippen LogP contribution in [0.3, 0.4) is 0 Å². The molecule has 0 N–H and O–H groups in total. The van der Waals surface area contributed by atoms with Gasteiger partial charge in [0, 0.05) is 28.2 Å². The van der Waals surface area contributed by atoms with Gasteiger partial charge in [-0.25, -0.2) is 0 Å². The highest BCUT2D eigenvalue weighted by Crippen LogP contribution is 2.36. The number of thioether (sulfide) groups is 1. The Labute approximate surface area is 206 Å². The predicted molar refractivity (Wildman–Crippen MR) is 134 cm³/mol. The SMILES string of the molecule is O=C1S/C(=C\c2ccc(-c3ccc([N+](=O)[O-])cc3Br)o2)C(=O)N1Cc1cccc2ccccc12. The molecule has 168 valence electrons. The molecule has 1 saturated heterocycles. The van der Waals surface area contributed by atoms with Crippen LogP contribution in [0.15, 0.2) is 86.6 Å². The lowest BCUT2D eigenvalue weighted by atomic mass is 10.0. The maximum absolute atomic E-state index is 13.0. The van der Waals surface area contributed by atoms with Gasteiger partial charge in [0.1, 0.15) is 11.5 Å². The predicted octanol–water partition coefficient (Wildman–Crippen LogP) is 7.01. The zero-order chi connectivity index (χ0) is 23.8. The number of halogens is 1. The summed E-state index contributed by atoms with van der Waals surface area (Å²) in [5.74, 6) is 0.497. The number of carbonyl (C=O) groups excluding carboxylic acids is 2. The molecule has 1 aliphatic heterocycles. The number of nitro groups is 1. The molecule has 7 nitrogen and oxygen atoms in total. The molecule has 0 aliphatic carbocycles. The second kappa shape index (κ2) is 8.92. The molecule has 0 bridgehead atoms. The molecule has 1 aromatic heterocycles. The fourth-order valence-corrected chi connectivity index (χ4v) is 5.14. The van der Waals surface area contributed by atoms with E-state index in [1.54, 1.807) is 18.2 Å². The number of non-ortho nitro benzene ring substituents is 1. The Kier molecular flexibility index (Phi) is 5.80. The molecule has 1 fully saturated rings. The van der Waals surface area contributed by atoms with Gasteiger partial charge in [-0.1, -0.05) is 42.5 Å². The number of carbonyl (C=O) groups is 2. The van der Waals surface area contributed by atoms with Crippen molar-refractivity contribution in [1.82, 2.24) is 4.90 Å². The molecule has 34 heavy (non-hydrogen) atoms. The summed E-state index contributed by atoms with van der Waals surface area (Å²) in [6.07, 6.45) is 1.54. The van der Waals surface area contributed by atoms with Crippen molar-refractivity contribution in [3.8, 4) is 11.3 Å². The highest BCUT2D eigenvalue weighted by molar-refractivity contribution is 9.10. The minimum atomic E-state index is -0.476. The van der Waals surface area contributed by atoms with Gasteiger partial charge in [-0.2, -0.15) is 0 Å². The van der Waals surface area contributed by atoms with E-state index in [4.69, 9.17) is 4.42 Å². The van der Waals surface area contributed by atoms with Gasteiger partial charge in [0.05, 0.1) is 16.4 Å². The average molecular weight is 535 g/mol. The Hall–Kier alpha value is -3.69. The van der Waals surface area contributed by atoms with Crippen molar-refractivity contribution in [2.24, 2.45) is 0 Å². The molecule has 5 rings (SSSR count). The molecule has 0 unspecified atom stereocenters. The number of fused-ring (bicyclic) bond motifs is 1. The zero-order valence-electron chi connectivity index (χ0n) is 17.4. The summed E-state index contributed by atoms with van der Waals surface area (Å²) in [7, 11) is 0. The lowest BCUT2D eigenvalue weighted by Crippen LogP contribution is -2.27. The quantitative estimate of drug-likeness (QED) is 0.155. The van der Waals surface area contributed by atoms with E-state index >= 15 is 0 Å². The molecular weight excluding hydrogens is 520 g/mol. The smallest absolute Gasteiger partial charge is 0.293 e. The lowest BCUT2D eigenvalue weighted by molar-refractivity contribution is -0.384.